The van der Waals surface area contributed by atoms with Gasteiger partial charge in [-0.1, -0.05) is 36.0 Å². The molecule has 0 spiro atoms. The van der Waals surface area contributed by atoms with Crippen LogP contribution in [0.1, 0.15) is 12.8 Å². The van der Waals surface area contributed by atoms with Crippen LogP contribution in [0.3, 0.4) is 0 Å². The average Bonchev–Trinajstić information content (AvgIpc) is 3.29. The number of nitrogens with one attached hydrogen (secondary N) is 2. The van der Waals surface area contributed by atoms with Crippen molar-refractivity contribution in [3.63, 3.8) is 0 Å². The molecule has 1 atom stereocenters. The van der Waals surface area contributed by atoms with Crippen molar-refractivity contribution < 1.29 is 9.59 Å². The minimum absolute atomic E-state index is 0.0611. The second kappa shape index (κ2) is 9.61. The number of thioether (sulfide) groups is 1. The van der Waals surface area contributed by atoms with Gasteiger partial charge in [-0.25, -0.2) is 4.79 Å². The predicted octanol–water partition coefficient (Wildman–Crippen LogP) is 3.27. The van der Waals surface area contributed by atoms with Crippen LogP contribution in [0.4, 0.5) is 16.2 Å². The number of nitrogens with zero attached hydrogens (tertiary/aromatic N) is 5. The van der Waals surface area contributed by atoms with Crippen LogP contribution >= 0.6 is 11.8 Å². The van der Waals surface area contributed by atoms with E-state index in [9.17, 15) is 9.59 Å². The number of para-hydroxylation sites is 1. The first-order valence-corrected chi connectivity index (χ1v) is 11.2. The van der Waals surface area contributed by atoms with Gasteiger partial charge in [-0.05, 0) is 59.9 Å². The molecule has 0 saturated carbocycles. The van der Waals surface area contributed by atoms with Crippen LogP contribution in [0.5, 0.6) is 0 Å². The Morgan fingerprint density at radius 3 is 2.68 bits per heavy atom. The standard InChI is InChI=1S/C21H23N7O2S/c1-31-21-24-25-26-28(21)18-11-5-10-17(13-18)23-20(30)27-12-6-7-15(14-27)19(29)22-16-8-3-2-4-9-16/h2-5,8-11,13,15H,6-7,12,14H2,1H3,(H,22,29)(H,23,30). The lowest BCUT2D eigenvalue weighted by Gasteiger charge is -2.32. The minimum atomic E-state index is -0.239. The van der Waals surface area contributed by atoms with E-state index in [0.29, 0.717) is 23.9 Å². The summed E-state index contributed by atoms with van der Waals surface area (Å²) in [6.07, 6.45) is 3.44. The van der Waals surface area contributed by atoms with Crippen LogP contribution in [0, 0.1) is 5.92 Å². The number of aromatic nitrogens is 4. The van der Waals surface area contributed by atoms with Gasteiger partial charge in [0.1, 0.15) is 0 Å². The van der Waals surface area contributed by atoms with Crippen LogP contribution in [-0.4, -0.2) is 56.4 Å². The maximum atomic E-state index is 12.8. The van der Waals surface area contributed by atoms with Gasteiger partial charge < -0.3 is 15.5 Å². The third-order valence-corrected chi connectivity index (χ3v) is 5.71. The van der Waals surface area contributed by atoms with E-state index < -0.39 is 0 Å². The van der Waals surface area contributed by atoms with E-state index in [2.05, 4.69) is 26.2 Å². The number of carbonyl (C=O) groups excluding carboxylic acids is 2. The molecule has 10 heteroatoms. The van der Waals surface area contributed by atoms with Crippen molar-refractivity contribution in [3.05, 3.63) is 54.6 Å². The molecule has 1 aliphatic heterocycles. The number of urea groups is 1. The fraction of sp³-hybridized carbons (Fsp3) is 0.286. The van der Waals surface area contributed by atoms with Crippen molar-refractivity contribution in [1.82, 2.24) is 25.1 Å². The lowest BCUT2D eigenvalue weighted by molar-refractivity contribution is -0.121. The van der Waals surface area contributed by atoms with Crippen LogP contribution in [-0.2, 0) is 4.79 Å². The van der Waals surface area contributed by atoms with E-state index >= 15 is 0 Å². The number of tetrazole rings is 1. The van der Waals surface area contributed by atoms with Crippen molar-refractivity contribution in [2.75, 3.05) is 30.0 Å². The molecule has 3 aromatic rings. The molecule has 31 heavy (non-hydrogen) atoms. The number of benzene rings is 2. The quantitative estimate of drug-likeness (QED) is 0.594. The summed E-state index contributed by atoms with van der Waals surface area (Å²) in [7, 11) is 0. The number of piperidine rings is 1. The van der Waals surface area contributed by atoms with Crippen LogP contribution in [0.15, 0.2) is 59.8 Å². The van der Waals surface area contributed by atoms with Gasteiger partial charge >= 0.3 is 6.03 Å². The Morgan fingerprint density at radius 1 is 1.06 bits per heavy atom. The third-order valence-electron chi connectivity index (χ3n) is 5.09. The Balaban J connectivity index is 1.39. The fourth-order valence-electron chi connectivity index (χ4n) is 3.53. The van der Waals surface area contributed by atoms with Gasteiger partial charge in [-0.2, -0.15) is 4.68 Å². The first-order valence-electron chi connectivity index (χ1n) is 9.98. The fourth-order valence-corrected chi connectivity index (χ4v) is 3.96. The van der Waals surface area contributed by atoms with Gasteiger partial charge in [0.25, 0.3) is 0 Å². The maximum absolute atomic E-state index is 12.8. The summed E-state index contributed by atoms with van der Waals surface area (Å²) < 4.78 is 1.62. The van der Waals surface area contributed by atoms with E-state index in [1.165, 1.54) is 11.8 Å². The molecular weight excluding hydrogens is 414 g/mol. The summed E-state index contributed by atoms with van der Waals surface area (Å²) in [5.41, 5.74) is 2.16. The number of hydrogen-bond donors (Lipinski definition) is 2. The van der Waals surface area contributed by atoms with Crippen molar-refractivity contribution in [2.45, 2.75) is 18.0 Å². The van der Waals surface area contributed by atoms with Gasteiger partial charge in [-0.3, -0.25) is 4.79 Å². The molecule has 0 aliphatic carbocycles. The first-order chi connectivity index (χ1) is 15.1. The Hall–Kier alpha value is -3.40. The maximum Gasteiger partial charge on any atom is 0.321 e. The number of likely N-dealkylation sites (tertiary alicyclic amines) is 1. The summed E-state index contributed by atoms with van der Waals surface area (Å²) in [5, 5.41) is 18.2. The molecule has 2 heterocycles. The van der Waals surface area contributed by atoms with Crippen molar-refractivity contribution in [1.29, 1.82) is 0 Å². The van der Waals surface area contributed by atoms with E-state index in [1.54, 1.807) is 9.58 Å². The molecule has 2 N–H and O–H groups in total. The summed E-state index contributed by atoms with van der Waals surface area (Å²) in [6, 6.07) is 16.5. The van der Waals surface area contributed by atoms with Gasteiger partial charge in [0.15, 0.2) is 0 Å². The summed E-state index contributed by atoms with van der Waals surface area (Å²) >= 11 is 1.44. The topological polar surface area (TPSA) is 105 Å². The van der Waals surface area contributed by atoms with Crippen molar-refractivity contribution in [3.8, 4) is 5.69 Å². The number of hydrogen-bond acceptors (Lipinski definition) is 6. The van der Waals surface area contributed by atoms with Gasteiger partial charge in [0.2, 0.25) is 11.1 Å². The summed E-state index contributed by atoms with van der Waals surface area (Å²) in [4.78, 5) is 27.2. The van der Waals surface area contributed by atoms with Gasteiger partial charge in [0, 0.05) is 24.5 Å². The highest BCUT2D eigenvalue weighted by molar-refractivity contribution is 7.98. The Bertz CT molecular complexity index is 1060. The molecule has 9 nitrogen and oxygen atoms in total. The van der Waals surface area contributed by atoms with Gasteiger partial charge in [0.05, 0.1) is 11.6 Å². The lowest BCUT2D eigenvalue weighted by Crippen LogP contribution is -2.45. The molecular formula is C21H23N7O2S. The molecule has 1 saturated heterocycles. The lowest BCUT2D eigenvalue weighted by atomic mass is 9.97. The summed E-state index contributed by atoms with van der Waals surface area (Å²) in [6.45, 7) is 0.998. The SMILES string of the molecule is CSc1nnnn1-c1cccc(NC(=O)N2CCCC(C(=O)Nc3ccccc3)C2)c1. The van der Waals surface area contributed by atoms with E-state index in [4.69, 9.17) is 0 Å². The summed E-state index contributed by atoms with van der Waals surface area (Å²) in [5.74, 6) is -0.301. The highest BCUT2D eigenvalue weighted by Gasteiger charge is 2.28. The molecule has 160 valence electrons. The number of carbonyl (C=O) groups is 2. The number of rotatable bonds is 5. The molecule has 1 fully saturated rings. The number of amides is 3. The van der Waals surface area contributed by atoms with Crippen LogP contribution in [0.2, 0.25) is 0 Å². The van der Waals surface area contributed by atoms with Crippen LogP contribution < -0.4 is 10.6 Å². The minimum Gasteiger partial charge on any atom is -0.326 e. The first kappa shape index (κ1) is 20.9. The van der Waals surface area contributed by atoms with Crippen molar-refractivity contribution >= 4 is 35.1 Å². The largest absolute Gasteiger partial charge is 0.326 e. The normalized spacial score (nSPS) is 16.0. The Morgan fingerprint density at radius 2 is 1.87 bits per heavy atom. The zero-order chi connectivity index (χ0) is 21.6. The second-order valence-corrected chi connectivity index (χ2v) is 7.97. The molecule has 0 radical (unpaired) electrons. The van der Waals surface area contributed by atoms with Crippen molar-refractivity contribution in [2.24, 2.45) is 5.92 Å². The highest BCUT2D eigenvalue weighted by Crippen LogP contribution is 2.22. The molecule has 0 bridgehead atoms. The second-order valence-electron chi connectivity index (χ2n) is 7.20. The van der Waals surface area contributed by atoms with Gasteiger partial charge in [-0.15, -0.1) is 5.10 Å². The number of anilines is 2. The smallest absolute Gasteiger partial charge is 0.321 e. The highest BCUT2D eigenvalue weighted by atomic mass is 32.2. The monoisotopic (exact) mass is 437 g/mol. The van der Waals surface area contributed by atoms with Crippen LogP contribution in [0.25, 0.3) is 5.69 Å². The molecule has 1 aromatic heterocycles. The Kier molecular flexibility index (Phi) is 6.46. The molecule has 4 rings (SSSR count). The van der Waals surface area contributed by atoms with E-state index in [0.717, 1.165) is 24.2 Å². The molecule has 1 unspecified atom stereocenters. The van der Waals surface area contributed by atoms with E-state index in [-0.39, 0.29) is 17.9 Å². The molecule has 1 aliphatic rings. The third kappa shape index (κ3) is 5.02. The zero-order valence-corrected chi connectivity index (χ0v) is 17.9. The van der Waals surface area contributed by atoms with E-state index in [1.807, 2.05) is 60.9 Å². The zero-order valence-electron chi connectivity index (χ0n) is 17.1. The molecule has 2 aromatic carbocycles. The Labute approximate surface area is 184 Å². The average molecular weight is 438 g/mol. The predicted molar refractivity (Wildman–Crippen MR) is 119 cm³/mol. The molecule has 3 amide bonds.